The smallest absolute Gasteiger partial charge is 0.266 e. The lowest BCUT2D eigenvalue weighted by Crippen LogP contribution is -2.41. The van der Waals surface area contributed by atoms with E-state index in [1.807, 2.05) is 36.4 Å². The zero-order valence-corrected chi connectivity index (χ0v) is 30.0. The van der Waals surface area contributed by atoms with Crippen LogP contribution in [-0.4, -0.2) is 49.3 Å². The number of carbonyl (C=O) groups is 4. The molecule has 8 nitrogen and oxygen atoms in total. The molecule has 0 radical (unpaired) electrons. The van der Waals surface area contributed by atoms with E-state index in [0.29, 0.717) is 56.8 Å². The summed E-state index contributed by atoms with van der Waals surface area (Å²) in [6.45, 7) is 2.64. The summed E-state index contributed by atoms with van der Waals surface area (Å²) < 4.78 is 10.9. The maximum Gasteiger partial charge on any atom is 0.266 e. The van der Waals surface area contributed by atoms with Crippen LogP contribution in [0.1, 0.15) is 113 Å². The first-order valence-corrected chi connectivity index (χ1v) is 18.6. The molecule has 6 aromatic carbocycles. The van der Waals surface area contributed by atoms with Gasteiger partial charge in [0.05, 0.1) is 19.9 Å². The molecule has 2 aliphatic rings. The Morgan fingerprint density at radius 1 is 0.481 bits per heavy atom. The van der Waals surface area contributed by atoms with Crippen LogP contribution in [0, 0.1) is 0 Å². The summed E-state index contributed by atoms with van der Waals surface area (Å²) in [6, 6.07) is 19.9. The van der Waals surface area contributed by atoms with Crippen LogP contribution < -0.4 is 14.4 Å². The van der Waals surface area contributed by atoms with Gasteiger partial charge in [0.1, 0.15) is 11.5 Å². The summed E-state index contributed by atoms with van der Waals surface area (Å²) in [5.74, 6) is -0.556. The molecule has 0 spiro atoms. The molecule has 0 N–H and O–H groups in total. The van der Waals surface area contributed by atoms with Gasteiger partial charge in [0.2, 0.25) is 0 Å². The van der Waals surface area contributed by atoms with Crippen molar-refractivity contribution in [3.8, 4) is 11.5 Å². The van der Waals surface area contributed by atoms with Gasteiger partial charge in [-0.2, -0.15) is 0 Å². The van der Waals surface area contributed by atoms with Crippen LogP contribution in [0.2, 0.25) is 0 Å². The summed E-state index contributed by atoms with van der Waals surface area (Å²) in [6.07, 6.45) is 11.8. The van der Waals surface area contributed by atoms with Gasteiger partial charge in [0, 0.05) is 45.6 Å². The minimum absolute atomic E-state index is 0.252. The molecule has 0 fully saturated rings. The van der Waals surface area contributed by atoms with Gasteiger partial charge in [-0.3, -0.25) is 24.1 Å². The number of ether oxygens (including phenoxy) is 2. The number of hydrogen-bond donors (Lipinski definition) is 0. The second kappa shape index (κ2) is 13.6. The number of hydrogen-bond acceptors (Lipinski definition) is 6. The highest BCUT2D eigenvalue weighted by Gasteiger charge is 2.38. The van der Waals surface area contributed by atoms with Gasteiger partial charge in [0.25, 0.3) is 23.6 Å². The summed E-state index contributed by atoms with van der Waals surface area (Å²) in [5, 5.41) is 6.37. The van der Waals surface area contributed by atoms with E-state index in [4.69, 9.17) is 9.47 Å². The number of anilines is 1. The van der Waals surface area contributed by atoms with Gasteiger partial charge >= 0.3 is 0 Å². The van der Waals surface area contributed by atoms with E-state index in [0.717, 1.165) is 56.5 Å². The second-order valence-electron chi connectivity index (χ2n) is 14.1. The van der Waals surface area contributed by atoms with E-state index in [2.05, 4.69) is 6.92 Å². The molecule has 264 valence electrons. The first kappa shape index (κ1) is 33.6. The van der Waals surface area contributed by atoms with Crippen LogP contribution in [0.15, 0.2) is 66.7 Å². The van der Waals surface area contributed by atoms with E-state index in [1.54, 1.807) is 30.3 Å². The van der Waals surface area contributed by atoms with Gasteiger partial charge < -0.3 is 9.47 Å². The summed E-state index contributed by atoms with van der Waals surface area (Å²) in [7, 11) is 3.02. The van der Waals surface area contributed by atoms with Crippen molar-refractivity contribution in [2.45, 2.75) is 71.1 Å². The van der Waals surface area contributed by atoms with Crippen molar-refractivity contribution in [2.75, 3.05) is 25.7 Å². The van der Waals surface area contributed by atoms with Crippen molar-refractivity contribution < 1.29 is 28.7 Å². The van der Waals surface area contributed by atoms with Gasteiger partial charge in [-0.15, -0.1) is 0 Å². The van der Waals surface area contributed by atoms with Crippen molar-refractivity contribution in [1.82, 2.24) is 4.90 Å². The molecule has 4 amide bonds. The Balaban J connectivity index is 1.14. The fourth-order valence-electron chi connectivity index (χ4n) is 8.47. The first-order chi connectivity index (χ1) is 25.4. The average Bonchev–Trinajstić information content (AvgIpc) is 3.17. The first-order valence-electron chi connectivity index (χ1n) is 18.6. The number of carbonyl (C=O) groups excluding carboxylic acids is 4. The molecule has 2 aliphatic heterocycles. The van der Waals surface area contributed by atoms with E-state index in [9.17, 15) is 19.2 Å². The highest BCUT2D eigenvalue weighted by atomic mass is 16.5. The lowest BCUT2D eigenvalue weighted by molar-refractivity contribution is 0.0607. The molecule has 8 rings (SSSR count). The van der Waals surface area contributed by atoms with Crippen LogP contribution in [0.3, 0.4) is 0 Å². The normalized spacial score (nSPS) is 14.2. The molecule has 52 heavy (non-hydrogen) atoms. The number of benzene rings is 6. The summed E-state index contributed by atoms with van der Waals surface area (Å²) >= 11 is 0. The fraction of sp³-hybridized carbons (Fsp3) is 0.318. The fourth-order valence-corrected chi connectivity index (χ4v) is 8.47. The zero-order chi connectivity index (χ0) is 36.1. The molecule has 0 bridgehead atoms. The Morgan fingerprint density at radius 3 is 1.37 bits per heavy atom. The molecule has 2 heterocycles. The van der Waals surface area contributed by atoms with Crippen LogP contribution in [0.25, 0.3) is 43.1 Å². The van der Waals surface area contributed by atoms with E-state index in [1.165, 1.54) is 64.1 Å². The van der Waals surface area contributed by atoms with Crippen molar-refractivity contribution in [3.63, 3.8) is 0 Å². The Labute approximate surface area is 302 Å². The Kier molecular flexibility index (Phi) is 8.77. The van der Waals surface area contributed by atoms with Crippen molar-refractivity contribution in [3.05, 3.63) is 89.0 Å². The molecular formula is C44H42N2O6. The minimum atomic E-state index is -0.456. The number of amides is 4. The third-order valence-corrected chi connectivity index (χ3v) is 11.1. The predicted octanol–water partition coefficient (Wildman–Crippen LogP) is 10.1. The van der Waals surface area contributed by atoms with Gasteiger partial charge in [-0.1, -0.05) is 89.0 Å². The Hall–Kier alpha value is -5.50. The van der Waals surface area contributed by atoms with Gasteiger partial charge in [0.15, 0.2) is 0 Å². The minimum Gasteiger partial charge on any atom is -0.497 e. The zero-order valence-electron chi connectivity index (χ0n) is 30.0. The third kappa shape index (κ3) is 5.18. The number of unbranched alkanes of at least 4 members (excludes halogenated alkanes) is 9. The monoisotopic (exact) mass is 694 g/mol. The van der Waals surface area contributed by atoms with E-state index in [-0.39, 0.29) is 11.8 Å². The topological polar surface area (TPSA) is 93.2 Å². The van der Waals surface area contributed by atoms with Gasteiger partial charge in [-0.25, -0.2) is 4.90 Å². The van der Waals surface area contributed by atoms with E-state index >= 15 is 0 Å². The molecule has 6 aromatic rings. The molecule has 8 heteroatoms. The van der Waals surface area contributed by atoms with Crippen molar-refractivity contribution in [1.29, 1.82) is 0 Å². The van der Waals surface area contributed by atoms with Crippen molar-refractivity contribution in [2.24, 2.45) is 0 Å². The second-order valence-corrected chi connectivity index (χ2v) is 14.1. The molecule has 0 atom stereocenters. The quantitative estimate of drug-likeness (QED) is 0.0488. The summed E-state index contributed by atoms with van der Waals surface area (Å²) in [5.41, 5.74) is 2.18. The molecular weight excluding hydrogens is 652 g/mol. The van der Waals surface area contributed by atoms with Crippen LogP contribution in [-0.2, 0) is 0 Å². The average molecular weight is 695 g/mol. The maximum atomic E-state index is 14.2. The Bertz CT molecular complexity index is 2310. The number of imide groups is 2. The van der Waals surface area contributed by atoms with Crippen LogP contribution in [0.4, 0.5) is 5.69 Å². The molecule has 0 unspecified atom stereocenters. The highest BCUT2D eigenvalue weighted by Crippen LogP contribution is 2.47. The Morgan fingerprint density at radius 2 is 0.923 bits per heavy atom. The molecule has 0 saturated heterocycles. The predicted molar refractivity (Wildman–Crippen MR) is 206 cm³/mol. The van der Waals surface area contributed by atoms with Crippen LogP contribution in [0.5, 0.6) is 11.5 Å². The molecule has 0 aliphatic carbocycles. The highest BCUT2D eigenvalue weighted by molar-refractivity contribution is 6.43. The van der Waals surface area contributed by atoms with Crippen LogP contribution >= 0.6 is 0 Å². The third-order valence-electron chi connectivity index (χ3n) is 11.1. The lowest BCUT2D eigenvalue weighted by Gasteiger charge is -2.30. The van der Waals surface area contributed by atoms with Gasteiger partial charge in [-0.05, 0) is 75.1 Å². The summed E-state index contributed by atoms with van der Waals surface area (Å²) in [4.78, 5) is 58.8. The standard InChI is InChI=1S/C44H42N2O6/c1-4-5-6-7-8-9-10-11-12-13-24-45-41(47)31-19-15-27-29-17-21-33-40-34(44(50)46(43(33)49)35-25-26(51-2)14-23-36(35)52-3)22-18-30(38(29)40)28-16-20-32(42(45)48)39(31)37(27)28/h14-23,25H,4-13,24H2,1-3H3. The van der Waals surface area contributed by atoms with E-state index < -0.39 is 11.8 Å². The number of methoxy groups -OCH3 is 2. The lowest BCUT2D eigenvalue weighted by atomic mass is 9.82. The van der Waals surface area contributed by atoms with Crippen molar-refractivity contribution >= 4 is 72.4 Å². The molecule has 0 aromatic heterocycles. The maximum absolute atomic E-state index is 14.2. The SMILES string of the molecule is CCCCCCCCCCCCN1C(=O)c2ccc3c4ccc5c6c(ccc(c7ccc(c2c37)C1=O)c64)C(=O)N(c1cc(OC)ccc1OC)C5=O. The number of fused-ring (bicyclic) bond motifs is 2. The number of rotatable bonds is 14. The number of nitrogens with zero attached hydrogens (tertiary/aromatic N) is 2. The largest absolute Gasteiger partial charge is 0.497 e. The molecule has 0 saturated carbocycles.